The van der Waals surface area contributed by atoms with Crippen LogP contribution < -0.4 is 0 Å². The fraction of sp³-hybridized carbons (Fsp3) is 0.435. The number of carbonyl (C=O) groups excluding carboxylic acids is 1. The summed E-state index contributed by atoms with van der Waals surface area (Å²) < 4.78 is 5.54. The summed E-state index contributed by atoms with van der Waals surface area (Å²) in [5.74, 6) is 0.172. The molecule has 0 saturated carbocycles. The first kappa shape index (κ1) is 17.0. The van der Waals surface area contributed by atoms with Crippen LogP contribution in [0.15, 0.2) is 42.5 Å². The Balaban J connectivity index is 1.24. The molecule has 0 aromatic heterocycles. The van der Waals surface area contributed by atoms with E-state index in [9.17, 15) is 4.79 Å². The van der Waals surface area contributed by atoms with Crippen molar-refractivity contribution in [1.29, 1.82) is 0 Å². The average molecular weight is 362 g/mol. The minimum absolute atomic E-state index is 0.172. The maximum absolute atomic E-state index is 13.1. The lowest BCUT2D eigenvalue weighted by Gasteiger charge is -2.41. The van der Waals surface area contributed by atoms with Crippen LogP contribution in [0.1, 0.15) is 39.0 Å². The predicted molar refractivity (Wildman–Crippen MR) is 105 cm³/mol. The molecule has 3 aliphatic rings. The van der Waals surface area contributed by atoms with E-state index >= 15 is 0 Å². The van der Waals surface area contributed by atoms with E-state index in [0.717, 1.165) is 43.7 Å². The largest absolute Gasteiger partial charge is 0.372 e. The van der Waals surface area contributed by atoms with E-state index in [-0.39, 0.29) is 5.91 Å². The quantitative estimate of drug-likeness (QED) is 0.823. The van der Waals surface area contributed by atoms with E-state index in [1.807, 2.05) is 17.0 Å². The number of fused-ring (bicyclic) bond motifs is 2. The van der Waals surface area contributed by atoms with Gasteiger partial charge in [-0.2, -0.15) is 0 Å². The lowest BCUT2D eigenvalue weighted by molar-refractivity contribution is 0.0550. The Bertz CT molecular complexity index is 855. The molecule has 2 aliphatic heterocycles. The van der Waals surface area contributed by atoms with Crippen molar-refractivity contribution in [3.05, 3.63) is 70.3 Å². The highest BCUT2D eigenvalue weighted by Gasteiger charge is 2.30. The molecule has 4 heteroatoms. The SMILES string of the molecule is O=C(c1cccc2c1COC2)N1CCN(C2CCc3ccccc3C2)CC1. The Morgan fingerprint density at radius 1 is 0.889 bits per heavy atom. The second kappa shape index (κ2) is 7.10. The Kier molecular flexibility index (Phi) is 4.46. The summed E-state index contributed by atoms with van der Waals surface area (Å²) in [5, 5.41) is 0. The van der Waals surface area contributed by atoms with Gasteiger partial charge in [-0.25, -0.2) is 0 Å². The molecule has 1 aliphatic carbocycles. The second-order valence-corrected chi connectivity index (χ2v) is 7.93. The van der Waals surface area contributed by atoms with Gasteiger partial charge in [0.1, 0.15) is 0 Å². The first-order valence-corrected chi connectivity index (χ1v) is 10.1. The molecule has 1 unspecified atom stereocenters. The Morgan fingerprint density at radius 3 is 2.52 bits per heavy atom. The van der Waals surface area contributed by atoms with Gasteiger partial charge in [-0.1, -0.05) is 36.4 Å². The number of hydrogen-bond donors (Lipinski definition) is 0. The number of piperazine rings is 1. The van der Waals surface area contributed by atoms with Crippen molar-refractivity contribution >= 4 is 5.91 Å². The van der Waals surface area contributed by atoms with Gasteiger partial charge in [0.2, 0.25) is 0 Å². The van der Waals surface area contributed by atoms with Crippen molar-refractivity contribution in [1.82, 2.24) is 9.80 Å². The smallest absolute Gasteiger partial charge is 0.254 e. The van der Waals surface area contributed by atoms with E-state index in [4.69, 9.17) is 4.74 Å². The van der Waals surface area contributed by atoms with Crippen molar-refractivity contribution in [2.45, 2.75) is 38.5 Å². The van der Waals surface area contributed by atoms with Gasteiger partial charge in [0, 0.05) is 37.8 Å². The summed E-state index contributed by atoms with van der Waals surface area (Å²) >= 11 is 0. The highest BCUT2D eigenvalue weighted by atomic mass is 16.5. The standard InChI is InChI=1S/C23H26N2O2/c26-23(21-7-3-6-19-15-27-16-22(19)21)25-12-10-24(11-13-25)20-9-8-17-4-1-2-5-18(17)14-20/h1-7,20H,8-16H2. The van der Waals surface area contributed by atoms with Crippen molar-refractivity contribution < 1.29 is 9.53 Å². The Hall–Kier alpha value is -2.17. The van der Waals surface area contributed by atoms with Gasteiger partial charge in [0.05, 0.1) is 13.2 Å². The number of carbonyl (C=O) groups is 1. The highest BCUT2D eigenvalue weighted by Crippen LogP contribution is 2.27. The van der Waals surface area contributed by atoms with Crippen LogP contribution in [0.4, 0.5) is 0 Å². The molecule has 2 aromatic rings. The van der Waals surface area contributed by atoms with Gasteiger partial charge < -0.3 is 9.64 Å². The molecular weight excluding hydrogens is 336 g/mol. The number of rotatable bonds is 2. The molecule has 4 nitrogen and oxygen atoms in total. The van der Waals surface area contributed by atoms with Gasteiger partial charge in [0.15, 0.2) is 0 Å². The summed E-state index contributed by atoms with van der Waals surface area (Å²) in [6.45, 7) is 4.79. The number of aryl methyl sites for hydroxylation is 1. The van der Waals surface area contributed by atoms with Gasteiger partial charge in [-0.05, 0) is 47.6 Å². The molecule has 1 saturated heterocycles. The minimum Gasteiger partial charge on any atom is -0.372 e. The minimum atomic E-state index is 0.172. The molecular formula is C23H26N2O2. The summed E-state index contributed by atoms with van der Waals surface area (Å²) in [6, 6.07) is 15.5. The van der Waals surface area contributed by atoms with Gasteiger partial charge in [0.25, 0.3) is 5.91 Å². The van der Waals surface area contributed by atoms with Crippen LogP contribution in [0.3, 0.4) is 0 Å². The van der Waals surface area contributed by atoms with Crippen LogP contribution in [0.5, 0.6) is 0 Å². The molecule has 1 atom stereocenters. The molecule has 1 amide bonds. The third kappa shape index (κ3) is 3.17. The van der Waals surface area contributed by atoms with E-state index in [1.165, 1.54) is 29.5 Å². The summed E-state index contributed by atoms with van der Waals surface area (Å²) in [5.41, 5.74) is 6.12. The first-order valence-electron chi connectivity index (χ1n) is 10.1. The van der Waals surface area contributed by atoms with Crippen LogP contribution in [0, 0.1) is 0 Å². The zero-order chi connectivity index (χ0) is 18.2. The third-order valence-electron chi connectivity index (χ3n) is 6.45. The molecule has 140 valence electrons. The highest BCUT2D eigenvalue weighted by molar-refractivity contribution is 5.96. The Labute approximate surface area is 160 Å². The van der Waals surface area contributed by atoms with Crippen LogP contribution in [-0.2, 0) is 30.8 Å². The lowest BCUT2D eigenvalue weighted by atomic mass is 9.87. The van der Waals surface area contributed by atoms with E-state index < -0.39 is 0 Å². The van der Waals surface area contributed by atoms with E-state index in [1.54, 1.807) is 0 Å². The van der Waals surface area contributed by atoms with Crippen LogP contribution in [0.25, 0.3) is 0 Å². The van der Waals surface area contributed by atoms with Gasteiger partial charge in [-0.3, -0.25) is 9.69 Å². The second-order valence-electron chi connectivity index (χ2n) is 7.93. The zero-order valence-electron chi connectivity index (χ0n) is 15.7. The van der Waals surface area contributed by atoms with E-state index in [2.05, 4.69) is 35.2 Å². The molecule has 0 radical (unpaired) electrons. The monoisotopic (exact) mass is 362 g/mol. The fourth-order valence-corrected chi connectivity index (χ4v) is 4.85. The molecule has 2 heterocycles. The van der Waals surface area contributed by atoms with Crippen molar-refractivity contribution in [3.63, 3.8) is 0 Å². The van der Waals surface area contributed by atoms with Crippen molar-refractivity contribution in [3.8, 4) is 0 Å². The average Bonchev–Trinajstić information content (AvgIpc) is 3.22. The zero-order valence-corrected chi connectivity index (χ0v) is 15.7. The molecule has 1 fully saturated rings. The summed E-state index contributed by atoms with van der Waals surface area (Å²) in [7, 11) is 0. The first-order chi connectivity index (χ1) is 13.3. The normalized spacial score (nSPS) is 22.4. The molecule has 27 heavy (non-hydrogen) atoms. The van der Waals surface area contributed by atoms with Crippen molar-refractivity contribution in [2.24, 2.45) is 0 Å². The van der Waals surface area contributed by atoms with Gasteiger partial charge in [-0.15, -0.1) is 0 Å². The fourth-order valence-electron chi connectivity index (χ4n) is 4.85. The number of amides is 1. The summed E-state index contributed by atoms with van der Waals surface area (Å²) in [4.78, 5) is 17.7. The predicted octanol–water partition coefficient (Wildman–Crippen LogP) is 3.03. The van der Waals surface area contributed by atoms with Crippen LogP contribution >= 0.6 is 0 Å². The van der Waals surface area contributed by atoms with Crippen LogP contribution in [-0.4, -0.2) is 47.9 Å². The topological polar surface area (TPSA) is 32.8 Å². The molecule has 5 rings (SSSR count). The molecule has 0 spiro atoms. The van der Waals surface area contributed by atoms with Crippen molar-refractivity contribution in [2.75, 3.05) is 26.2 Å². The lowest BCUT2D eigenvalue weighted by Crippen LogP contribution is -2.53. The molecule has 0 N–H and O–H groups in total. The van der Waals surface area contributed by atoms with Gasteiger partial charge >= 0.3 is 0 Å². The number of benzene rings is 2. The number of nitrogens with zero attached hydrogens (tertiary/aromatic N) is 2. The number of ether oxygens (including phenoxy) is 1. The molecule has 2 aromatic carbocycles. The maximum Gasteiger partial charge on any atom is 0.254 e. The Morgan fingerprint density at radius 2 is 1.67 bits per heavy atom. The molecule has 0 bridgehead atoms. The number of hydrogen-bond acceptors (Lipinski definition) is 3. The summed E-state index contributed by atoms with van der Waals surface area (Å²) in [6.07, 6.45) is 3.55. The van der Waals surface area contributed by atoms with E-state index in [0.29, 0.717) is 19.3 Å². The maximum atomic E-state index is 13.1. The van der Waals surface area contributed by atoms with Crippen LogP contribution in [0.2, 0.25) is 0 Å². The third-order valence-corrected chi connectivity index (χ3v) is 6.45.